The molecule has 4 heteroatoms. The van der Waals surface area contributed by atoms with Gasteiger partial charge in [0.2, 0.25) is 0 Å². The number of ketones is 1. The van der Waals surface area contributed by atoms with Crippen LogP contribution in [0.5, 0.6) is 0 Å². The first-order chi connectivity index (χ1) is 12.0. The van der Waals surface area contributed by atoms with Crippen molar-refractivity contribution in [1.82, 2.24) is 4.98 Å². The number of aryl methyl sites for hydroxylation is 1. The minimum absolute atomic E-state index is 0.0205. The lowest BCUT2D eigenvalue weighted by Crippen LogP contribution is -2.13. The fourth-order valence-corrected chi connectivity index (χ4v) is 2.53. The van der Waals surface area contributed by atoms with E-state index in [1.54, 1.807) is 36.7 Å². The lowest BCUT2D eigenvalue weighted by Gasteiger charge is -2.11. The van der Waals surface area contributed by atoms with E-state index >= 15 is 0 Å². The third kappa shape index (κ3) is 3.80. The number of Topliss-reactive ketones (excluding diaryl/α,β-unsaturated/α-hetero) is 1. The van der Waals surface area contributed by atoms with Crippen molar-refractivity contribution in [1.29, 1.82) is 0 Å². The van der Waals surface area contributed by atoms with Gasteiger partial charge in [-0.1, -0.05) is 24.3 Å². The molecule has 1 heterocycles. The average Bonchev–Trinajstić information content (AvgIpc) is 2.64. The summed E-state index contributed by atoms with van der Waals surface area (Å²) >= 11 is 0. The molecule has 0 radical (unpaired) electrons. The molecule has 0 bridgehead atoms. The van der Waals surface area contributed by atoms with Gasteiger partial charge in [0.25, 0.3) is 5.91 Å². The Morgan fingerprint density at radius 3 is 2.12 bits per heavy atom. The summed E-state index contributed by atoms with van der Waals surface area (Å²) in [5, 5.41) is 2.95. The Kier molecular flexibility index (Phi) is 4.70. The van der Waals surface area contributed by atoms with E-state index in [0.717, 1.165) is 22.4 Å². The highest BCUT2D eigenvalue weighted by atomic mass is 16.1. The van der Waals surface area contributed by atoms with Gasteiger partial charge in [-0.05, 0) is 60.9 Å². The summed E-state index contributed by atoms with van der Waals surface area (Å²) in [5.41, 5.74) is 4.89. The Labute approximate surface area is 146 Å². The van der Waals surface area contributed by atoms with Gasteiger partial charge in [0, 0.05) is 29.2 Å². The number of nitrogens with zero attached hydrogens (tertiary/aromatic N) is 1. The molecule has 4 nitrogen and oxygen atoms in total. The lowest BCUT2D eigenvalue weighted by atomic mass is 10.0. The second-order valence-corrected chi connectivity index (χ2v) is 5.85. The van der Waals surface area contributed by atoms with Crippen LogP contribution in [0.15, 0.2) is 67.0 Å². The molecule has 0 fully saturated rings. The molecule has 124 valence electrons. The van der Waals surface area contributed by atoms with Crippen LogP contribution in [0.25, 0.3) is 11.1 Å². The number of rotatable bonds is 4. The van der Waals surface area contributed by atoms with Crippen LogP contribution in [0.4, 0.5) is 5.69 Å². The number of aromatic nitrogens is 1. The molecule has 1 aromatic heterocycles. The zero-order chi connectivity index (χ0) is 17.8. The summed E-state index contributed by atoms with van der Waals surface area (Å²) in [4.78, 5) is 27.8. The summed E-state index contributed by atoms with van der Waals surface area (Å²) in [6.07, 6.45) is 3.48. The van der Waals surface area contributed by atoms with Gasteiger partial charge in [0.1, 0.15) is 0 Å². The first kappa shape index (κ1) is 16.6. The summed E-state index contributed by atoms with van der Waals surface area (Å²) < 4.78 is 0. The number of amides is 1. The van der Waals surface area contributed by atoms with E-state index < -0.39 is 0 Å². The van der Waals surface area contributed by atoms with Crippen molar-refractivity contribution in [3.8, 4) is 11.1 Å². The van der Waals surface area contributed by atoms with Gasteiger partial charge in [-0.2, -0.15) is 0 Å². The largest absolute Gasteiger partial charge is 0.322 e. The minimum Gasteiger partial charge on any atom is -0.322 e. The maximum atomic E-state index is 12.5. The highest BCUT2D eigenvalue weighted by molar-refractivity contribution is 6.05. The monoisotopic (exact) mass is 330 g/mol. The first-order valence-electron chi connectivity index (χ1n) is 7.98. The SMILES string of the molecule is CC(=O)c1ccc(C(=O)Nc2cc(-c3ccncc3)ccc2C)cc1. The van der Waals surface area contributed by atoms with Crippen molar-refractivity contribution in [2.24, 2.45) is 0 Å². The molecule has 0 aliphatic heterocycles. The standard InChI is InChI=1S/C21H18N2O2/c1-14-3-4-19(17-9-11-22-12-10-17)13-20(14)23-21(25)18-7-5-16(6-8-18)15(2)24/h3-13H,1-2H3,(H,23,25). The average molecular weight is 330 g/mol. The first-order valence-corrected chi connectivity index (χ1v) is 7.98. The van der Waals surface area contributed by atoms with Crippen LogP contribution in [-0.2, 0) is 0 Å². The Morgan fingerprint density at radius 2 is 1.48 bits per heavy atom. The van der Waals surface area contributed by atoms with Crippen LogP contribution in [0.1, 0.15) is 33.2 Å². The van der Waals surface area contributed by atoms with Gasteiger partial charge in [-0.3, -0.25) is 14.6 Å². The predicted molar refractivity (Wildman–Crippen MR) is 98.8 cm³/mol. The molecule has 0 spiro atoms. The third-order valence-corrected chi connectivity index (χ3v) is 4.05. The molecule has 0 aliphatic rings. The Morgan fingerprint density at radius 1 is 0.840 bits per heavy atom. The highest BCUT2D eigenvalue weighted by Gasteiger charge is 2.10. The zero-order valence-electron chi connectivity index (χ0n) is 14.1. The second-order valence-electron chi connectivity index (χ2n) is 5.85. The molecule has 1 amide bonds. The van der Waals surface area contributed by atoms with E-state index in [2.05, 4.69) is 10.3 Å². The number of pyridine rings is 1. The Bertz CT molecular complexity index is 916. The number of anilines is 1. The molecule has 3 aromatic rings. The van der Waals surface area contributed by atoms with Crippen molar-refractivity contribution in [2.75, 3.05) is 5.32 Å². The fraction of sp³-hybridized carbons (Fsp3) is 0.0952. The third-order valence-electron chi connectivity index (χ3n) is 4.05. The van der Waals surface area contributed by atoms with Crippen LogP contribution < -0.4 is 5.32 Å². The van der Waals surface area contributed by atoms with E-state index in [-0.39, 0.29) is 11.7 Å². The minimum atomic E-state index is -0.204. The molecule has 1 N–H and O–H groups in total. The highest BCUT2D eigenvalue weighted by Crippen LogP contribution is 2.25. The number of hydrogen-bond donors (Lipinski definition) is 1. The summed E-state index contributed by atoms with van der Waals surface area (Å²) in [5.74, 6) is -0.224. The molecule has 3 rings (SSSR count). The predicted octanol–water partition coefficient (Wildman–Crippen LogP) is 4.51. The van der Waals surface area contributed by atoms with Crippen LogP contribution in [-0.4, -0.2) is 16.7 Å². The van der Waals surface area contributed by atoms with Gasteiger partial charge in [0.15, 0.2) is 5.78 Å². The Hall–Kier alpha value is -3.27. The maximum absolute atomic E-state index is 12.5. The van der Waals surface area contributed by atoms with Crippen LogP contribution in [0, 0.1) is 6.92 Å². The number of nitrogens with one attached hydrogen (secondary N) is 1. The van der Waals surface area contributed by atoms with Gasteiger partial charge >= 0.3 is 0 Å². The van der Waals surface area contributed by atoms with Crippen molar-refractivity contribution in [3.05, 3.63) is 83.7 Å². The van der Waals surface area contributed by atoms with Gasteiger partial charge in [0.05, 0.1) is 0 Å². The van der Waals surface area contributed by atoms with Gasteiger partial charge in [-0.25, -0.2) is 0 Å². The molecule has 25 heavy (non-hydrogen) atoms. The molecule has 0 atom stereocenters. The number of carbonyl (C=O) groups excluding carboxylic acids is 2. The van der Waals surface area contributed by atoms with E-state index in [9.17, 15) is 9.59 Å². The molecule has 0 unspecified atom stereocenters. The number of carbonyl (C=O) groups is 2. The summed E-state index contributed by atoms with van der Waals surface area (Å²) in [6, 6.07) is 16.4. The molecule has 0 aliphatic carbocycles. The molecule has 2 aromatic carbocycles. The smallest absolute Gasteiger partial charge is 0.255 e. The van der Waals surface area contributed by atoms with E-state index in [0.29, 0.717) is 11.1 Å². The van der Waals surface area contributed by atoms with E-state index in [1.807, 2.05) is 37.3 Å². The van der Waals surface area contributed by atoms with Crippen LogP contribution in [0.3, 0.4) is 0 Å². The van der Waals surface area contributed by atoms with Crippen LogP contribution in [0.2, 0.25) is 0 Å². The molecule has 0 saturated carbocycles. The quantitative estimate of drug-likeness (QED) is 0.716. The Balaban J connectivity index is 1.84. The number of hydrogen-bond acceptors (Lipinski definition) is 3. The maximum Gasteiger partial charge on any atom is 0.255 e. The van der Waals surface area contributed by atoms with Crippen molar-refractivity contribution in [2.45, 2.75) is 13.8 Å². The summed E-state index contributed by atoms with van der Waals surface area (Å²) in [7, 11) is 0. The van der Waals surface area contributed by atoms with Crippen LogP contribution >= 0.6 is 0 Å². The lowest BCUT2D eigenvalue weighted by molar-refractivity contribution is 0.100. The summed E-state index contributed by atoms with van der Waals surface area (Å²) in [6.45, 7) is 3.45. The molecular weight excluding hydrogens is 312 g/mol. The van der Waals surface area contributed by atoms with Gasteiger partial charge < -0.3 is 5.32 Å². The topological polar surface area (TPSA) is 59.1 Å². The van der Waals surface area contributed by atoms with Crippen molar-refractivity contribution >= 4 is 17.4 Å². The molecule has 0 saturated heterocycles. The molecular formula is C21H18N2O2. The van der Waals surface area contributed by atoms with Gasteiger partial charge in [-0.15, -0.1) is 0 Å². The zero-order valence-corrected chi connectivity index (χ0v) is 14.1. The second kappa shape index (κ2) is 7.09. The normalized spacial score (nSPS) is 10.3. The van der Waals surface area contributed by atoms with Crippen molar-refractivity contribution < 1.29 is 9.59 Å². The van der Waals surface area contributed by atoms with Crippen molar-refractivity contribution in [3.63, 3.8) is 0 Å². The number of benzene rings is 2. The fourth-order valence-electron chi connectivity index (χ4n) is 2.53. The van der Waals surface area contributed by atoms with E-state index in [1.165, 1.54) is 6.92 Å². The van der Waals surface area contributed by atoms with E-state index in [4.69, 9.17) is 0 Å².